The van der Waals surface area contributed by atoms with Crippen molar-refractivity contribution in [2.45, 2.75) is 19.4 Å². The molecule has 1 unspecified atom stereocenters. The Morgan fingerprint density at radius 3 is 2.43 bits per heavy atom. The molecule has 0 aliphatic carbocycles. The van der Waals surface area contributed by atoms with Gasteiger partial charge in [0.2, 0.25) is 0 Å². The average molecular weight is 334 g/mol. The number of benzene rings is 2. The molecule has 0 saturated carbocycles. The van der Waals surface area contributed by atoms with Crippen LogP contribution in [0.5, 0.6) is 5.75 Å². The average Bonchev–Trinajstić information content (AvgIpc) is 2.51. The minimum absolute atomic E-state index is 0.174. The van der Waals surface area contributed by atoms with Crippen molar-refractivity contribution in [3.8, 4) is 5.75 Å². The summed E-state index contributed by atoms with van der Waals surface area (Å²) in [6.45, 7) is 1.90. The molecule has 2 aromatic carbocycles. The molecule has 0 aliphatic rings. The molecule has 0 radical (unpaired) electrons. The SMILES string of the molecule is CC(C(=O)OCc1ccccc1)c1cccc(OS(C)(=O)=O)c1. The number of ether oxygens (including phenoxy) is 1. The highest BCUT2D eigenvalue weighted by molar-refractivity contribution is 7.86. The maximum Gasteiger partial charge on any atom is 0.313 e. The van der Waals surface area contributed by atoms with Crippen molar-refractivity contribution >= 4 is 16.1 Å². The Labute approximate surface area is 136 Å². The van der Waals surface area contributed by atoms with E-state index in [0.717, 1.165) is 11.8 Å². The molecule has 0 aliphatic heterocycles. The summed E-state index contributed by atoms with van der Waals surface area (Å²) < 4.78 is 32.4. The van der Waals surface area contributed by atoms with Crippen LogP contribution in [0.25, 0.3) is 0 Å². The molecule has 1 atom stereocenters. The molecule has 0 saturated heterocycles. The van der Waals surface area contributed by atoms with Crippen molar-refractivity contribution in [1.82, 2.24) is 0 Å². The van der Waals surface area contributed by atoms with Crippen molar-refractivity contribution in [3.05, 3.63) is 65.7 Å². The second-order valence-electron chi connectivity index (χ2n) is 5.17. The summed E-state index contributed by atoms with van der Waals surface area (Å²) >= 11 is 0. The lowest BCUT2D eigenvalue weighted by molar-refractivity contribution is -0.146. The van der Waals surface area contributed by atoms with Crippen molar-refractivity contribution in [1.29, 1.82) is 0 Å². The fourth-order valence-electron chi connectivity index (χ4n) is 2.00. The van der Waals surface area contributed by atoms with Crippen molar-refractivity contribution in [2.75, 3.05) is 6.26 Å². The molecule has 0 amide bonds. The molecule has 0 fully saturated rings. The van der Waals surface area contributed by atoms with Gasteiger partial charge in [-0.15, -0.1) is 0 Å². The van der Waals surface area contributed by atoms with Crippen LogP contribution in [-0.2, 0) is 26.3 Å². The lowest BCUT2D eigenvalue weighted by Gasteiger charge is -2.13. The first-order valence-electron chi connectivity index (χ1n) is 7.05. The molecule has 5 nitrogen and oxygen atoms in total. The van der Waals surface area contributed by atoms with Crippen LogP contribution in [0.1, 0.15) is 24.0 Å². The number of rotatable bonds is 6. The molecule has 2 aromatic rings. The summed E-state index contributed by atoms with van der Waals surface area (Å²) in [4.78, 5) is 12.1. The summed E-state index contributed by atoms with van der Waals surface area (Å²) in [5.41, 5.74) is 1.53. The third-order valence-corrected chi connectivity index (χ3v) is 3.68. The van der Waals surface area contributed by atoms with Gasteiger partial charge in [-0.3, -0.25) is 4.79 Å². The van der Waals surface area contributed by atoms with Gasteiger partial charge in [-0.2, -0.15) is 8.42 Å². The second kappa shape index (κ2) is 7.28. The van der Waals surface area contributed by atoms with Crippen LogP contribution in [0.4, 0.5) is 0 Å². The van der Waals surface area contributed by atoms with Crippen molar-refractivity contribution in [2.24, 2.45) is 0 Å². The van der Waals surface area contributed by atoms with E-state index in [1.165, 1.54) is 12.1 Å². The molecular weight excluding hydrogens is 316 g/mol. The van der Waals surface area contributed by atoms with Gasteiger partial charge >= 0.3 is 16.1 Å². The fourth-order valence-corrected chi connectivity index (χ4v) is 2.45. The van der Waals surface area contributed by atoms with E-state index in [4.69, 9.17) is 8.92 Å². The summed E-state index contributed by atoms with van der Waals surface area (Å²) in [6, 6.07) is 15.8. The van der Waals surface area contributed by atoms with Gasteiger partial charge in [-0.25, -0.2) is 0 Å². The number of carbonyl (C=O) groups is 1. The smallest absolute Gasteiger partial charge is 0.313 e. The summed E-state index contributed by atoms with van der Waals surface area (Å²) in [5, 5.41) is 0. The van der Waals surface area contributed by atoms with Gasteiger partial charge in [0.15, 0.2) is 0 Å². The third-order valence-electron chi connectivity index (χ3n) is 3.18. The van der Waals surface area contributed by atoms with Crippen molar-refractivity contribution in [3.63, 3.8) is 0 Å². The van der Waals surface area contributed by atoms with Gasteiger partial charge in [-0.1, -0.05) is 42.5 Å². The Bertz CT molecular complexity index is 769. The Morgan fingerprint density at radius 1 is 1.09 bits per heavy atom. The van der Waals surface area contributed by atoms with Gasteiger partial charge in [-0.05, 0) is 30.2 Å². The van der Waals surface area contributed by atoms with Gasteiger partial charge in [0.25, 0.3) is 0 Å². The van der Waals surface area contributed by atoms with Crippen LogP contribution < -0.4 is 4.18 Å². The number of carbonyl (C=O) groups excluding carboxylic acids is 1. The Kier molecular flexibility index (Phi) is 5.39. The summed E-state index contributed by atoms with van der Waals surface area (Å²) in [6.07, 6.45) is 0.969. The first-order chi connectivity index (χ1) is 10.8. The standard InChI is InChI=1S/C17H18O5S/c1-13(17(18)21-12-14-7-4-3-5-8-14)15-9-6-10-16(11-15)22-23(2,19)20/h3-11,13H,12H2,1-2H3. The predicted molar refractivity (Wildman–Crippen MR) is 86.6 cm³/mol. The highest BCUT2D eigenvalue weighted by Crippen LogP contribution is 2.23. The minimum Gasteiger partial charge on any atom is -0.460 e. The van der Waals surface area contributed by atoms with Crippen LogP contribution in [0, 0.1) is 0 Å². The third kappa shape index (κ3) is 5.41. The second-order valence-corrected chi connectivity index (χ2v) is 6.75. The Balaban J connectivity index is 2.03. The first-order valence-corrected chi connectivity index (χ1v) is 8.87. The molecule has 0 aromatic heterocycles. The fraction of sp³-hybridized carbons (Fsp3) is 0.235. The largest absolute Gasteiger partial charge is 0.460 e. The quantitative estimate of drug-likeness (QED) is 0.600. The van der Waals surface area contributed by atoms with Crippen LogP contribution in [-0.4, -0.2) is 20.6 Å². The molecule has 0 spiro atoms. The van der Waals surface area contributed by atoms with E-state index in [-0.39, 0.29) is 18.3 Å². The zero-order chi connectivity index (χ0) is 16.9. The zero-order valence-electron chi connectivity index (χ0n) is 12.9. The van der Waals surface area contributed by atoms with E-state index in [9.17, 15) is 13.2 Å². The Hall–Kier alpha value is -2.34. The van der Waals surface area contributed by atoms with Gasteiger partial charge in [0.1, 0.15) is 12.4 Å². The van der Waals surface area contributed by atoms with E-state index in [0.29, 0.717) is 5.56 Å². The van der Waals surface area contributed by atoms with Crippen LogP contribution >= 0.6 is 0 Å². The van der Waals surface area contributed by atoms with E-state index in [2.05, 4.69) is 0 Å². The van der Waals surface area contributed by atoms with Crippen LogP contribution in [0.2, 0.25) is 0 Å². The number of hydrogen-bond donors (Lipinski definition) is 0. The maximum atomic E-state index is 12.1. The molecule has 2 rings (SSSR count). The van der Waals surface area contributed by atoms with E-state index < -0.39 is 16.0 Å². The molecule has 0 heterocycles. The van der Waals surface area contributed by atoms with Gasteiger partial charge in [0.05, 0.1) is 12.2 Å². The summed E-state index contributed by atoms with van der Waals surface area (Å²) in [7, 11) is -3.60. The van der Waals surface area contributed by atoms with E-state index in [1.54, 1.807) is 19.1 Å². The minimum atomic E-state index is -3.60. The van der Waals surface area contributed by atoms with Crippen LogP contribution in [0.15, 0.2) is 54.6 Å². The summed E-state index contributed by atoms with van der Waals surface area (Å²) in [5.74, 6) is -0.736. The molecule has 0 N–H and O–H groups in total. The normalized spacial score (nSPS) is 12.4. The van der Waals surface area contributed by atoms with E-state index in [1.807, 2.05) is 30.3 Å². The molecule has 6 heteroatoms. The first kappa shape index (κ1) is 17.0. The Morgan fingerprint density at radius 2 is 1.78 bits per heavy atom. The lowest BCUT2D eigenvalue weighted by atomic mass is 10.0. The molecule has 23 heavy (non-hydrogen) atoms. The molecular formula is C17H18O5S. The number of hydrogen-bond acceptors (Lipinski definition) is 5. The van der Waals surface area contributed by atoms with Gasteiger partial charge in [0, 0.05) is 0 Å². The highest BCUT2D eigenvalue weighted by Gasteiger charge is 2.18. The predicted octanol–water partition coefficient (Wildman–Crippen LogP) is 2.87. The van der Waals surface area contributed by atoms with Crippen LogP contribution in [0.3, 0.4) is 0 Å². The monoisotopic (exact) mass is 334 g/mol. The maximum absolute atomic E-state index is 12.1. The molecule has 122 valence electrons. The van der Waals surface area contributed by atoms with Gasteiger partial charge < -0.3 is 8.92 Å². The zero-order valence-corrected chi connectivity index (χ0v) is 13.7. The van der Waals surface area contributed by atoms with E-state index >= 15 is 0 Å². The highest BCUT2D eigenvalue weighted by atomic mass is 32.2. The van der Waals surface area contributed by atoms with Crippen molar-refractivity contribution < 1.29 is 22.1 Å². The number of esters is 1. The topological polar surface area (TPSA) is 69.7 Å². The molecule has 0 bridgehead atoms. The lowest BCUT2D eigenvalue weighted by Crippen LogP contribution is -2.13.